The van der Waals surface area contributed by atoms with Crippen LogP contribution in [0.2, 0.25) is 5.02 Å². The highest BCUT2D eigenvalue weighted by atomic mass is 35.5. The lowest BCUT2D eigenvalue weighted by molar-refractivity contribution is -0.137. The summed E-state index contributed by atoms with van der Waals surface area (Å²) in [6.07, 6.45) is -0.234. The first-order valence-corrected chi connectivity index (χ1v) is 10.3. The number of benzene rings is 2. The van der Waals surface area contributed by atoms with Gasteiger partial charge in [-0.2, -0.15) is 4.98 Å². The summed E-state index contributed by atoms with van der Waals surface area (Å²) in [5.74, 6) is 0.355. The van der Waals surface area contributed by atoms with E-state index in [1.807, 2.05) is 37.3 Å². The van der Waals surface area contributed by atoms with Crippen LogP contribution in [0.25, 0.3) is 22.6 Å². The summed E-state index contributed by atoms with van der Waals surface area (Å²) in [6.45, 7) is 3.58. The molecule has 8 nitrogen and oxygen atoms in total. The minimum absolute atomic E-state index is 0.234. The van der Waals surface area contributed by atoms with E-state index in [-0.39, 0.29) is 6.42 Å². The number of hydrogen-bond acceptors (Lipinski definition) is 7. The molecule has 0 saturated carbocycles. The minimum atomic E-state index is -0.984. The third kappa shape index (κ3) is 3.48. The number of carboxylic acids is 1. The molecule has 1 N–H and O–H groups in total. The Morgan fingerprint density at radius 2 is 1.78 bits per heavy atom. The van der Waals surface area contributed by atoms with Crippen molar-refractivity contribution < 1.29 is 18.9 Å². The summed E-state index contributed by atoms with van der Waals surface area (Å²) in [4.78, 5) is 20.8. The normalized spacial score (nSPS) is 15.0. The average molecular weight is 449 g/mol. The molecule has 0 aliphatic carbocycles. The van der Waals surface area contributed by atoms with Crippen molar-refractivity contribution in [1.82, 2.24) is 15.3 Å². The van der Waals surface area contributed by atoms with Crippen LogP contribution in [0.3, 0.4) is 0 Å². The zero-order valence-corrected chi connectivity index (χ0v) is 17.9. The highest BCUT2D eigenvalue weighted by Gasteiger charge is 2.32. The third-order valence-electron chi connectivity index (χ3n) is 5.28. The molecule has 160 valence electrons. The minimum Gasteiger partial charge on any atom is -0.481 e. The molecule has 1 aliphatic heterocycles. The van der Waals surface area contributed by atoms with E-state index in [4.69, 9.17) is 25.6 Å². The third-order valence-corrected chi connectivity index (χ3v) is 5.53. The Kier molecular flexibility index (Phi) is 4.86. The highest BCUT2D eigenvalue weighted by Crippen LogP contribution is 2.42. The molecule has 1 aliphatic rings. The van der Waals surface area contributed by atoms with Crippen LogP contribution in [0.5, 0.6) is 0 Å². The topological polar surface area (TPSA) is 115 Å². The maximum atomic E-state index is 11.6. The molecular formula is C23H17ClN4O4. The van der Waals surface area contributed by atoms with Crippen LogP contribution in [0.4, 0.5) is 0 Å². The summed E-state index contributed by atoms with van der Waals surface area (Å²) in [6, 6.07) is 12.2. The average Bonchev–Trinajstić information content (AvgIpc) is 3.33. The lowest BCUT2D eigenvalue weighted by atomic mass is 9.91. The first-order chi connectivity index (χ1) is 15.4. The molecule has 2 aromatic carbocycles. The fourth-order valence-electron chi connectivity index (χ4n) is 3.87. The largest absolute Gasteiger partial charge is 0.481 e. The number of carboxylic acid groups (broad SMARTS) is 1. The molecule has 32 heavy (non-hydrogen) atoms. The molecule has 4 aromatic rings. The lowest BCUT2D eigenvalue weighted by Crippen LogP contribution is -2.08. The maximum Gasteiger partial charge on any atom is 0.306 e. The number of aliphatic carboxylic acids is 1. The standard InChI is InChI=1S/C23H17ClN4O4/c1-11-20-16-8-5-14(23-25-12(2)28-32-23)9-17(16)21(13-3-6-15(24)7-4-13)26-18(10-19(29)30)22(20)31-27-11/h3-9,18H,10H2,1-2H3,(H,29,30)/t18-/m0/s1. The predicted octanol–water partition coefficient (Wildman–Crippen LogP) is 5.03. The quantitative estimate of drug-likeness (QED) is 0.465. The van der Waals surface area contributed by atoms with Gasteiger partial charge >= 0.3 is 5.97 Å². The van der Waals surface area contributed by atoms with E-state index in [9.17, 15) is 9.90 Å². The SMILES string of the molecule is Cc1noc(-c2ccc3c(c2)C(c2ccc(Cl)cc2)=N[C@@H](CC(=O)O)c2onc(C)c2-3)n1. The lowest BCUT2D eigenvalue weighted by Gasteiger charge is -2.12. The van der Waals surface area contributed by atoms with Gasteiger partial charge in [0, 0.05) is 21.7 Å². The summed E-state index contributed by atoms with van der Waals surface area (Å²) < 4.78 is 10.9. The predicted molar refractivity (Wildman–Crippen MR) is 117 cm³/mol. The second kappa shape index (κ2) is 7.72. The van der Waals surface area contributed by atoms with Gasteiger partial charge in [0.2, 0.25) is 0 Å². The van der Waals surface area contributed by atoms with Crippen LogP contribution in [-0.4, -0.2) is 32.1 Å². The van der Waals surface area contributed by atoms with Crippen LogP contribution in [-0.2, 0) is 4.79 Å². The van der Waals surface area contributed by atoms with Gasteiger partial charge in [-0.25, -0.2) is 0 Å². The Morgan fingerprint density at radius 3 is 2.47 bits per heavy atom. The van der Waals surface area contributed by atoms with Crippen LogP contribution >= 0.6 is 11.6 Å². The van der Waals surface area contributed by atoms with Crippen molar-refractivity contribution in [2.75, 3.05) is 0 Å². The number of aryl methyl sites for hydroxylation is 2. The van der Waals surface area contributed by atoms with E-state index in [1.165, 1.54) is 0 Å². The van der Waals surface area contributed by atoms with Gasteiger partial charge in [-0.1, -0.05) is 40.1 Å². The second-order valence-corrected chi connectivity index (χ2v) is 7.95. The van der Waals surface area contributed by atoms with Crippen LogP contribution in [0.15, 0.2) is 56.5 Å². The summed E-state index contributed by atoms with van der Waals surface area (Å²) in [5.41, 5.74) is 5.14. The maximum absolute atomic E-state index is 11.6. The first kappa shape index (κ1) is 20.1. The van der Waals surface area contributed by atoms with E-state index >= 15 is 0 Å². The number of carbonyl (C=O) groups is 1. The van der Waals surface area contributed by atoms with Crippen molar-refractivity contribution in [2.24, 2.45) is 4.99 Å². The van der Waals surface area contributed by atoms with Crippen LogP contribution in [0.1, 0.15) is 40.9 Å². The Morgan fingerprint density at radius 1 is 1.03 bits per heavy atom. The van der Waals surface area contributed by atoms with Crippen molar-refractivity contribution in [1.29, 1.82) is 0 Å². The molecule has 0 unspecified atom stereocenters. The molecule has 0 spiro atoms. The van der Waals surface area contributed by atoms with Crippen LogP contribution < -0.4 is 0 Å². The number of aliphatic imine (C=N–C) groups is 1. The fourth-order valence-corrected chi connectivity index (χ4v) is 4.00. The van der Waals surface area contributed by atoms with E-state index < -0.39 is 12.0 Å². The Bertz CT molecular complexity index is 1370. The van der Waals surface area contributed by atoms with E-state index in [2.05, 4.69) is 15.3 Å². The summed E-state index contributed by atoms with van der Waals surface area (Å²) in [5, 5.41) is 18.1. The molecule has 0 fully saturated rings. The van der Waals surface area contributed by atoms with Crippen molar-refractivity contribution in [3.8, 4) is 22.6 Å². The molecule has 0 saturated heterocycles. The zero-order valence-electron chi connectivity index (χ0n) is 17.2. The molecule has 0 bridgehead atoms. The Labute approximate surface area is 187 Å². The summed E-state index contributed by atoms with van der Waals surface area (Å²) in [7, 11) is 0. The smallest absolute Gasteiger partial charge is 0.306 e. The molecule has 0 radical (unpaired) electrons. The Hall–Kier alpha value is -3.78. The number of fused-ring (bicyclic) bond motifs is 3. The molecule has 3 heterocycles. The molecule has 5 rings (SSSR count). The highest BCUT2D eigenvalue weighted by molar-refractivity contribution is 6.30. The van der Waals surface area contributed by atoms with Crippen molar-refractivity contribution in [2.45, 2.75) is 26.3 Å². The number of halogens is 1. The van der Waals surface area contributed by atoms with Crippen LogP contribution in [0, 0.1) is 13.8 Å². The molecular weight excluding hydrogens is 432 g/mol. The Balaban J connectivity index is 1.79. The van der Waals surface area contributed by atoms with Gasteiger partial charge < -0.3 is 14.2 Å². The second-order valence-electron chi connectivity index (χ2n) is 7.51. The number of nitrogens with zero attached hydrogens (tertiary/aromatic N) is 4. The van der Waals surface area contributed by atoms with Crippen molar-refractivity contribution >= 4 is 23.3 Å². The number of aromatic nitrogens is 3. The monoisotopic (exact) mass is 448 g/mol. The van der Waals surface area contributed by atoms with Gasteiger partial charge in [0.15, 0.2) is 11.6 Å². The van der Waals surface area contributed by atoms with Gasteiger partial charge in [0.1, 0.15) is 6.04 Å². The van der Waals surface area contributed by atoms with Gasteiger partial charge in [0.05, 0.1) is 23.4 Å². The van der Waals surface area contributed by atoms with E-state index in [0.717, 1.165) is 27.8 Å². The molecule has 0 amide bonds. The molecule has 9 heteroatoms. The number of rotatable bonds is 4. The van der Waals surface area contributed by atoms with Crippen molar-refractivity contribution in [3.05, 3.63) is 75.9 Å². The first-order valence-electron chi connectivity index (χ1n) is 9.88. The van der Waals surface area contributed by atoms with Gasteiger partial charge in [0.25, 0.3) is 5.89 Å². The van der Waals surface area contributed by atoms with Gasteiger partial charge in [-0.05, 0) is 43.7 Å². The summed E-state index contributed by atoms with van der Waals surface area (Å²) >= 11 is 6.10. The van der Waals surface area contributed by atoms with Gasteiger partial charge in [-0.15, -0.1) is 0 Å². The zero-order chi connectivity index (χ0) is 22.4. The fraction of sp³-hybridized carbons (Fsp3) is 0.174. The molecule has 1 atom stereocenters. The molecule has 2 aromatic heterocycles. The number of hydrogen-bond donors (Lipinski definition) is 1. The van der Waals surface area contributed by atoms with Gasteiger partial charge in [-0.3, -0.25) is 9.79 Å². The van der Waals surface area contributed by atoms with Crippen molar-refractivity contribution in [3.63, 3.8) is 0 Å². The van der Waals surface area contributed by atoms with E-state index in [1.54, 1.807) is 19.1 Å². The van der Waals surface area contributed by atoms with E-state index in [0.29, 0.717) is 33.9 Å².